The third-order valence-corrected chi connectivity index (χ3v) is 6.72. The summed E-state index contributed by atoms with van der Waals surface area (Å²) < 4.78 is 53.7. The van der Waals surface area contributed by atoms with Crippen molar-refractivity contribution in [3.8, 4) is 22.6 Å². The molecule has 0 bridgehead atoms. The monoisotopic (exact) mass is 535 g/mol. The van der Waals surface area contributed by atoms with Crippen molar-refractivity contribution >= 4 is 29.4 Å². The highest BCUT2D eigenvalue weighted by molar-refractivity contribution is 6.31. The zero-order chi connectivity index (χ0) is 27.1. The average molecular weight is 536 g/mol. The summed E-state index contributed by atoms with van der Waals surface area (Å²) in [4.78, 5) is 24.1. The fourth-order valence-corrected chi connectivity index (χ4v) is 4.57. The highest BCUT2D eigenvalue weighted by Gasteiger charge is 2.59. The van der Waals surface area contributed by atoms with Crippen molar-refractivity contribution in [3.63, 3.8) is 0 Å². The predicted octanol–water partition coefficient (Wildman–Crippen LogP) is 5.97. The molecule has 0 spiro atoms. The first-order valence-electron chi connectivity index (χ1n) is 11.0. The van der Waals surface area contributed by atoms with E-state index < -0.39 is 35.3 Å². The summed E-state index contributed by atoms with van der Waals surface area (Å²) in [5.74, 6) is -1.80. The number of aliphatic hydroxyl groups is 1. The molecule has 2 atom stereocenters. The van der Waals surface area contributed by atoms with Crippen molar-refractivity contribution in [2.24, 2.45) is 0 Å². The number of ether oxygens (including phenoxy) is 2. The fourth-order valence-electron chi connectivity index (χ4n) is 4.29. The molecule has 0 saturated carbocycles. The van der Waals surface area contributed by atoms with Gasteiger partial charge in [0, 0.05) is 18.0 Å². The summed E-state index contributed by atoms with van der Waals surface area (Å²) in [7, 11) is 1.41. The van der Waals surface area contributed by atoms with Crippen molar-refractivity contribution in [3.05, 3.63) is 76.8 Å². The van der Waals surface area contributed by atoms with Gasteiger partial charge in [-0.25, -0.2) is 4.79 Å². The molecule has 37 heavy (non-hydrogen) atoms. The highest BCUT2D eigenvalue weighted by atomic mass is 35.5. The predicted molar refractivity (Wildman–Crippen MR) is 129 cm³/mol. The molecular weight excluding hydrogens is 515 g/mol. The molecule has 11 heteroatoms. The maximum absolute atomic E-state index is 14.6. The Morgan fingerprint density at radius 2 is 1.81 bits per heavy atom. The smallest absolute Gasteiger partial charge is 0.482 e. The van der Waals surface area contributed by atoms with Crippen molar-refractivity contribution in [2.45, 2.75) is 24.6 Å². The second-order valence-electron chi connectivity index (χ2n) is 8.54. The van der Waals surface area contributed by atoms with Gasteiger partial charge in [-0.15, -0.1) is 0 Å². The number of amides is 1. The van der Waals surface area contributed by atoms with Gasteiger partial charge >= 0.3 is 12.3 Å². The minimum absolute atomic E-state index is 0.00180. The van der Waals surface area contributed by atoms with Crippen molar-refractivity contribution in [1.29, 1.82) is 0 Å². The van der Waals surface area contributed by atoms with Crippen LogP contribution in [-0.2, 0) is 10.4 Å². The van der Waals surface area contributed by atoms with E-state index in [9.17, 15) is 27.9 Å². The van der Waals surface area contributed by atoms with E-state index in [1.165, 1.54) is 55.3 Å². The minimum atomic E-state index is -5.13. The number of fused-ring (bicyclic) bond motifs is 1. The normalized spacial score (nSPS) is 15.9. The second kappa shape index (κ2) is 9.60. The molecule has 4 rings (SSSR count). The first-order chi connectivity index (χ1) is 17.3. The topological polar surface area (TPSA) is 96.3 Å². The van der Waals surface area contributed by atoms with E-state index in [0.29, 0.717) is 11.1 Å². The van der Waals surface area contributed by atoms with Gasteiger partial charge in [0.1, 0.15) is 11.5 Å². The number of nitrogens with zero attached hydrogens (tertiary/aromatic N) is 1. The molecule has 1 amide bonds. The number of rotatable bonds is 5. The molecule has 1 aliphatic heterocycles. The number of hydrogen-bond donors (Lipinski definition) is 2. The molecule has 194 valence electrons. The van der Waals surface area contributed by atoms with Crippen LogP contribution in [0, 0.1) is 0 Å². The summed E-state index contributed by atoms with van der Waals surface area (Å²) >= 11 is 6.33. The zero-order valence-electron chi connectivity index (χ0n) is 19.5. The SMILES string of the molecule is CC(c1cc(-c2cccc(OC(=O)O)c2)ccc1Cl)C(O)(c1ccc2c(c1)N(C)C(=O)CO2)C(F)(F)F. The zero-order valence-corrected chi connectivity index (χ0v) is 20.3. The minimum Gasteiger partial charge on any atom is -0.482 e. The Hall–Kier alpha value is -3.76. The molecular formula is C26H21ClF3NO6. The Bertz CT molecular complexity index is 1380. The maximum atomic E-state index is 14.6. The van der Waals surface area contributed by atoms with Gasteiger partial charge in [0.2, 0.25) is 0 Å². The molecule has 0 fully saturated rings. The molecule has 0 aliphatic carbocycles. The molecule has 0 saturated heterocycles. The van der Waals surface area contributed by atoms with Crippen molar-refractivity contribution < 1.29 is 42.4 Å². The quantitative estimate of drug-likeness (QED) is 0.308. The standard InChI is InChI=1S/C26H21ClF3NO6/c1-14(19-11-16(6-8-20(19)27)15-4-3-5-18(10-15)37-24(33)34)25(35,26(28,29)30)17-7-9-22-21(12-17)31(2)23(32)13-36-22/h3-12,14,35H,13H2,1-2H3,(H,33,34). The molecule has 3 aromatic carbocycles. The van der Waals surface area contributed by atoms with Gasteiger partial charge in [-0.05, 0) is 58.7 Å². The summed E-state index contributed by atoms with van der Waals surface area (Å²) in [6.07, 6.45) is -6.64. The highest BCUT2D eigenvalue weighted by Crippen LogP contribution is 2.51. The van der Waals surface area contributed by atoms with Crippen LogP contribution in [0.1, 0.15) is 24.0 Å². The molecule has 7 nitrogen and oxygen atoms in total. The van der Waals surface area contributed by atoms with Gasteiger partial charge in [-0.1, -0.05) is 42.8 Å². The van der Waals surface area contributed by atoms with Crippen LogP contribution in [0.2, 0.25) is 5.02 Å². The molecule has 2 N–H and O–H groups in total. The lowest BCUT2D eigenvalue weighted by molar-refractivity contribution is -0.274. The van der Waals surface area contributed by atoms with Gasteiger partial charge in [-0.2, -0.15) is 13.2 Å². The fraction of sp³-hybridized carbons (Fsp3) is 0.231. The van der Waals surface area contributed by atoms with Crippen LogP contribution in [-0.4, -0.2) is 42.1 Å². The Morgan fingerprint density at radius 3 is 2.49 bits per heavy atom. The Morgan fingerprint density at radius 1 is 1.11 bits per heavy atom. The molecule has 1 aliphatic rings. The first-order valence-corrected chi connectivity index (χ1v) is 11.3. The lowest BCUT2D eigenvalue weighted by Gasteiger charge is -2.38. The van der Waals surface area contributed by atoms with Crippen LogP contribution in [0.15, 0.2) is 60.7 Å². The Kier molecular flexibility index (Phi) is 6.83. The number of benzene rings is 3. The Labute approximate surface area is 214 Å². The summed E-state index contributed by atoms with van der Waals surface area (Å²) in [6.45, 7) is 0.956. The van der Waals surface area contributed by atoms with E-state index in [0.717, 1.165) is 12.1 Å². The van der Waals surface area contributed by atoms with Crippen LogP contribution < -0.4 is 14.4 Å². The molecule has 0 radical (unpaired) electrons. The summed E-state index contributed by atoms with van der Waals surface area (Å²) in [5.41, 5.74) is -2.89. The molecule has 3 aromatic rings. The number of likely N-dealkylation sites (N-methyl/N-ethyl adjacent to an activating group) is 1. The van der Waals surface area contributed by atoms with E-state index in [4.69, 9.17) is 21.4 Å². The third-order valence-electron chi connectivity index (χ3n) is 6.38. The van der Waals surface area contributed by atoms with Gasteiger partial charge in [0.25, 0.3) is 5.91 Å². The van der Waals surface area contributed by atoms with Crippen molar-refractivity contribution in [1.82, 2.24) is 0 Å². The third kappa shape index (κ3) is 4.82. The number of carbonyl (C=O) groups is 2. The second-order valence-corrected chi connectivity index (χ2v) is 8.95. The van der Waals surface area contributed by atoms with Crippen LogP contribution in [0.3, 0.4) is 0 Å². The van der Waals surface area contributed by atoms with Crippen LogP contribution in [0.25, 0.3) is 11.1 Å². The van der Waals surface area contributed by atoms with Gasteiger partial charge in [0.15, 0.2) is 12.2 Å². The van der Waals surface area contributed by atoms with E-state index in [2.05, 4.69) is 4.74 Å². The van der Waals surface area contributed by atoms with Crippen molar-refractivity contribution in [2.75, 3.05) is 18.6 Å². The first kappa shape index (κ1) is 26.3. The van der Waals surface area contributed by atoms with Crippen LogP contribution >= 0.6 is 11.6 Å². The summed E-state index contributed by atoms with van der Waals surface area (Å²) in [6, 6.07) is 13.8. The van der Waals surface area contributed by atoms with E-state index in [1.54, 1.807) is 12.1 Å². The lowest BCUT2D eigenvalue weighted by Crippen LogP contribution is -2.47. The van der Waals surface area contributed by atoms with E-state index >= 15 is 0 Å². The number of carboxylic acid groups (broad SMARTS) is 1. The van der Waals surface area contributed by atoms with Gasteiger partial charge in [0.05, 0.1) is 5.69 Å². The summed E-state index contributed by atoms with van der Waals surface area (Å²) in [5, 5.41) is 20.2. The number of carbonyl (C=O) groups excluding carboxylic acids is 1. The lowest BCUT2D eigenvalue weighted by atomic mass is 9.77. The largest absolute Gasteiger partial charge is 0.511 e. The van der Waals surface area contributed by atoms with Gasteiger partial charge < -0.3 is 24.6 Å². The Balaban J connectivity index is 1.81. The van der Waals surface area contributed by atoms with Crippen LogP contribution in [0.5, 0.6) is 11.5 Å². The van der Waals surface area contributed by atoms with Crippen LogP contribution in [0.4, 0.5) is 23.7 Å². The molecule has 0 aromatic heterocycles. The molecule has 1 heterocycles. The number of anilines is 1. The van der Waals surface area contributed by atoms with E-state index in [-0.39, 0.29) is 34.4 Å². The maximum Gasteiger partial charge on any atom is 0.511 e. The average Bonchev–Trinajstić information content (AvgIpc) is 2.84. The van der Waals surface area contributed by atoms with Gasteiger partial charge in [-0.3, -0.25) is 4.79 Å². The number of halogens is 4. The van der Waals surface area contributed by atoms with E-state index in [1.807, 2.05) is 0 Å². The number of hydrogen-bond acceptors (Lipinski definition) is 5. The molecule has 2 unspecified atom stereocenters. The number of alkyl halides is 3.